The van der Waals surface area contributed by atoms with Crippen LogP contribution in [0, 0.1) is 5.41 Å². The van der Waals surface area contributed by atoms with Crippen molar-refractivity contribution in [3.8, 4) is 0 Å². The van der Waals surface area contributed by atoms with E-state index in [2.05, 4.69) is 15.0 Å². The highest BCUT2D eigenvalue weighted by Crippen LogP contribution is 2.24. The first kappa shape index (κ1) is 20.4. The molecule has 0 bridgehead atoms. The van der Waals surface area contributed by atoms with Crippen LogP contribution in [0.25, 0.3) is 5.57 Å². The van der Waals surface area contributed by atoms with Crippen molar-refractivity contribution >= 4 is 29.0 Å². The number of methoxy groups -OCH3 is 1. The summed E-state index contributed by atoms with van der Waals surface area (Å²) in [4.78, 5) is 14.4. The molecule has 1 aromatic carbocycles. The van der Waals surface area contributed by atoms with Gasteiger partial charge in [0.05, 0.1) is 17.5 Å². The van der Waals surface area contributed by atoms with Gasteiger partial charge in [0, 0.05) is 62.6 Å². The first-order valence-corrected chi connectivity index (χ1v) is 9.09. The number of aliphatic hydroxyl groups is 1. The number of aromatic nitrogens is 2. The van der Waals surface area contributed by atoms with E-state index >= 15 is 0 Å². The van der Waals surface area contributed by atoms with Crippen LogP contribution >= 0.6 is 0 Å². The van der Waals surface area contributed by atoms with Crippen LogP contribution in [-0.2, 0) is 4.74 Å². The lowest BCUT2D eigenvalue weighted by atomic mass is 9.98. The van der Waals surface area contributed by atoms with Gasteiger partial charge in [-0.3, -0.25) is 10.4 Å². The van der Waals surface area contributed by atoms with Crippen molar-refractivity contribution in [1.82, 2.24) is 9.97 Å². The van der Waals surface area contributed by atoms with Gasteiger partial charge in [-0.15, -0.1) is 0 Å². The Kier molecular flexibility index (Phi) is 6.20. The zero-order valence-electron chi connectivity index (χ0n) is 16.4. The minimum atomic E-state index is -0.591. The van der Waals surface area contributed by atoms with Crippen LogP contribution in [0.15, 0.2) is 41.8 Å². The number of aliphatic imine (C=N–C) groups is 1. The van der Waals surface area contributed by atoms with Gasteiger partial charge in [-0.1, -0.05) is 6.07 Å². The molecule has 0 saturated carbocycles. The van der Waals surface area contributed by atoms with E-state index in [0.29, 0.717) is 35.9 Å². The molecule has 29 heavy (non-hydrogen) atoms. The summed E-state index contributed by atoms with van der Waals surface area (Å²) in [5, 5.41) is 18.7. The first-order valence-electron chi connectivity index (χ1n) is 9.09. The summed E-state index contributed by atoms with van der Waals surface area (Å²) in [7, 11) is 3.23. The smallest absolute Gasteiger partial charge is 0.132 e. The molecule has 1 fully saturated rings. The molecule has 0 aliphatic carbocycles. The molecule has 0 amide bonds. The molecule has 2 heterocycles. The molecule has 1 aliphatic rings. The third kappa shape index (κ3) is 4.25. The van der Waals surface area contributed by atoms with Crippen LogP contribution in [0.4, 0.5) is 11.5 Å². The van der Waals surface area contributed by atoms with Crippen LogP contribution in [0.3, 0.4) is 0 Å². The van der Waals surface area contributed by atoms with Crippen molar-refractivity contribution in [2.45, 2.75) is 12.2 Å². The third-order valence-electron chi connectivity index (χ3n) is 4.88. The predicted octanol–water partition coefficient (Wildman–Crippen LogP) is 0.671. The second kappa shape index (κ2) is 8.80. The molecule has 9 heteroatoms. The first-order chi connectivity index (χ1) is 14.0. The predicted molar refractivity (Wildman–Crippen MR) is 114 cm³/mol. The van der Waals surface area contributed by atoms with E-state index in [-0.39, 0.29) is 11.8 Å². The maximum Gasteiger partial charge on any atom is 0.132 e. The maximum atomic E-state index is 10.1. The van der Waals surface area contributed by atoms with Crippen molar-refractivity contribution in [2.24, 2.45) is 10.7 Å². The van der Waals surface area contributed by atoms with Gasteiger partial charge in [-0.2, -0.15) is 0 Å². The number of ether oxygens (including phenoxy) is 1. The molecule has 1 saturated heterocycles. The second-order valence-electron chi connectivity index (χ2n) is 6.69. The number of anilines is 2. The Labute approximate surface area is 169 Å². The fourth-order valence-electron chi connectivity index (χ4n) is 3.28. The molecule has 3 rings (SSSR count). The van der Waals surface area contributed by atoms with Gasteiger partial charge in [-0.05, 0) is 17.7 Å². The van der Waals surface area contributed by atoms with Crippen molar-refractivity contribution in [1.29, 1.82) is 5.41 Å². The van der Waals surface area contributed by atoms with Crippen molar-refractivity contribution in [3.05, 3.63) is 53.6 Å². The maximum absolute atomic E-state index is 10.1. The topological polar surface area (TPSA) is 147 Å². The van der Waals surface area contributed by atoms with E-state index in [1.807, 2.05) is 11.0 Å². The molecule has 152 valence electrons. The minimum Gasteiger partial charge on any atom is -0.404 e. The fourth-order valence-corrected chi connectivity index (χ4v) is 3.28. The van der Waals surface area contributed by atoms with Crippen molar-refractivity contribution in [3.63, 3.8) is 0 Å². The van der Waals surface area contributed by atoms with Gasteiger partial charge in [0.1, 0.15) is 18.2 Å². The summed E-state index contributed by atoms with van der Waals surface area (Å²) in [6, 6.07) is 7.06. The van der Waals surface area contributed by atoms with Crippen LogP contribution in [0.1, 0.15) is 16.8 Å². The number of nitrogens with one attached hydrogen (secondary N) is 1. The third-order valence-corrected chi connectivity index (χ3v) is 4.88. The van der Waals surface area contributed by atoms with Gasteiger partial charge in [-0.25, -0.2) is 9.97 Å². The summed E-state index contributed by atoms with van der Waals surface area (Å²) in [5.74, 6) is 0.619. The lowest BCUT2D eigenvalue weighted by Crippen LogP contribution is -2.25. The zero-order chi connectivity index (χ0) is 21.0. The van der Waals surface area contributed by atoms with E-state index in [0.717, 1.165) is 11.1 Å². The van der Waals surface area contributed by atoms with Gasteiger partial charge in [0.25, 0.3) is 0 Å². The monoisotopic (exact) mass is 395 g/mol. The second-order valence-corrected chi connectivity index (χ2v) is 6.69. The van der Waals surface area contributed by atoms with E-state index in [4.69, 9.17) is 21.6 Å². The van der Waals surface area contributed by atoms with Gasteiger partial charge in [0.2, 0.25) is 0 Å². The Balaban J connectivity index is 1.92. The molecular formula is C20H25N7O2. The number of benzene rings is 1. The highest BCUT2D eigenvalue weighted by Gasteiger charge is 2.32. The minimum absolute atomic E-state index is 0.167. The number of nitrogen functional groups attached to an aromatic ring is 1. The van der Waals surface area contributed by atoms with Gasteiger partial charge in [0.15, 0.2) is 0 Å². The average Bonchev–Trinajstić information content (AvgIpc) is 3.13. The summed E-state index contributed by atoms with van der Waals surface area (Å²) < 4.78 is 5.28. The Morgan fingerprint density at radius 3 is 2.79 bits per heavy atom. The standard InChI is InChI=1S/C20H25N7O2/c1-24-8-13(7-21)12-3-4-15(22)14(5-12)20(23)16-6-19(26-11-25-16)27-9-17(28)18(10-27)29-2/h3-8,11,17-18,23,28H,9-10,21-22H2,1-2H3/t17-,18-/m0/s1. The molecule has 1 aromatic heterocycles. The van der Waals surface area contributed by atoms with Crippen LogP contribution in [0.5, 0.6) is 0 Å². The molecule has 9 nitrogen and oxygen atoms in total. The van der Waals surface area contributed by atoms with Crippen molar-refractivity contribution < 1.29 is 9.84 Å². The van der Waals surface area contributed by atoms with Crippen LogP contribution in [-0.4, -0.2) is 66.5 Å². The highest BCUT2D eigenvalue weighted by atomic mass is 16.5. The summed E-state index contributed by atoms with van der Waals surface area (Å²) in [6.45, 7) is 0.918. The largest absolute Gasteiger partial charge is 0.404 e. The lowest BCUT2D eigenvalue weighted by Gasteiger charge is -2.17. The zero-order valence-corrected chi connectivity index (χ0v) is 16.4. The number of allylic oxidation sites excluding steroid dienone is 1. The molecule has 2 aromatic rings. The molecule has 0 radical (unpaired) electrons. The average molecular weight is 395 g/mol. The van der Waals surface area contributed by atoms with Gasteiger partial charge >= 0.3 is 0 Å². The quantitative estimate of drug-likeness (QED) is 0.415. The highest BCUT2D eigenvalue weighted by molar-refractivity contribution is 6.15. The van der Waals surface area contributed by atoms with Crippen molar-refractivity contribution in [2.75, 3.05) is 37.9 Å². The number of hydrogen-bond acceptors (Lipinski definition) is 9. The van der Waals surface area contributed by atoms with E-state index in [9.17, 15) is 5.11 Å². The normalized spacial score (nSPS) is 19.8. The van der Waals surface area contributed by atoms with Crippen LogP contribution in [0.2, 0.25) is 0 Å². The SMILES string of the molecule is CN=CC(=CN)c1ccc(N)c(C(=N)c2cc(N3C[C@H](OC)[C@@H](O)C3)ncn2)c1. The Hall–Kier alpha value is -3.30. The number of aliphatic hydroxyl groups excluding tert-OH is 1. The Morgan fingerprint density at radius 2 is 2.14 bits per heavy atom. The lowest BCUT2D eigenvalue weighted by molar-refractivity contribution is 0.0217. The molecule has 0 spiro atoms. The molecule has 0 unspecified atom stereocenters. The Bertz CT molecular complexity index is 958. The number of hydrogen-bond donors (Lipinski definition) is 4. The number of nitrogens with two attached hydrogens (primary N) is 2. The van der Waals surface area contributed by atoms with Gasteiger partial charge < -0.3 is 26.2 Å². The molecule has 2 atom stereocenters. The molecule has 1 aliphatic heterocycles. The summed E-state index contributed by atoms with van der Waals surface area (Å²) >= 11 is 0. The number of nitrogens with zero attached hydrogens (tertiary/aromatic N) is 4. The molecule has 6 N–H and O–H groups in total. The number of rotatable bonds is 6. The van der Waals surface area contributed by atoms with E-state index in [1.165, 1.54) is 12.5 Å². The summed E-state index contributed by atoms with van der Waals surface area (Å²) in [5.41, 5.74) is 14.9. The van der Waals surface area contributed by atoms with Crippen LogP contribution < -0.4 is 16.4 Å². The molecular weight excluding hydrogens is 370 g/mol. The fraction of sp³-hybridized carbons (Fsp3) is 0.300. The van der Waals surface area contributed by atoms with E-state index < -0.39 is 6.10 Å². The Morgan fingerprint density at radius 1 is 1.34 bits per heavy atom. The van der Waals surface area contributed by atoms with E-state index in [1.54, 1.807) is 38.6 Å². The number of β-amino-alcohol motifs (C(OH)–C–C–N with tert-alkyl or cyclic N) is 1. The summed E-state index contributed by atoms with van der Waals surface area (Å²) in [6.07, 6.45) is 3.64.